The Kier molecular flexibility index (Phi) is 15.8. The lowest BCUT2D eigenvalue weighted by Crippen LogP contribution is -2.30. The lowest BCUT2D eigenvalue weighted by atomic mass is 10.0. The molecule has 0 atom stereocenters. The van der Waals surface area contributed by atoms with E-state index in [0.717, 1.165) is 24.2 Å². The van der Waals surface area contributed by atoms with E-state index in [2.05, 4.69) is 33.9 Å². The summed E-state index contributed by atoms with van der Waals surface area (Å²) >= 11 is 8.13. The molecule has 2 aromatic carbocycles. The van der Waals surface area contributed by atoms with Gasteiger partial charge in [0.15, 0.2) is 12.7 Å². The number of benzene rings is 2. The normalized spacial score (nSPS) is 11.1. The summed E-state index contributed by atoms with van der Waals surface area (Å²) in [5.41, 5.74) is 4.94. The topological polar surface area (TPSA) is 42.2 Å². The fourth-order valence-corrected chi connectivity index (χ4v) is 5.75. The van der Waals surface area contributed by atoms with E-state index < -0.39 is 0 Å². The van der Waals surface area contributed by atoms with Gasteiger partial charge in [0.05, 0.1) is 23.4 Å². The Labute approximate surface area is 251 Å². The summed E-state index contributed by atoms with van der Waals surface area (Å²) in [5, 5.41) is 5.59. The molecule has 0 radical (unpaired) electrons. The van der Waals surface area contributed by atoms with Crippen LogP contribution in [-0.2, 0) is 17.8 Å². The molecular formula is C34H48ClN2O2S+. The van der Waals surface area contributed by atoms with Crippen molar-refractivity contribution in [2.24, 2.45) is 0 Å². The van der Waals surface area contributed by atoms with Gasteiger partial charge in [0.25, 0.3) is 0 Å². The molecule has 40 heavy (non-hydrogen) atoms. The number of thiazole rings is 1. The van der Waals surface area contributed by atoms with Gasteiger partial charge in [-0.05, 0) is 36.2 Å². The molecule has 0 spiro atoms. The van der Waals surface area contributed by atoms with Crippen molar-refractivity contribution in [3.05, 3.63) is 75.7 Å². The zero-order valence-electron chi connectivity index (χ0n) is 24.3. The Hall–Kier alpha value is -2.37. The van der Waals surface area contributed by atoms with E-state index in [9.17, 15) is 4.79 Å². The molecule has 218 valence electrons. The summed E-state index contributed by atoms with van der Waals surface area (Å²) in [6.45, 7) is 3.78. The van der Waals surface area contributed by atoms with Crippen molar-refractivity contribution < 1.29 is 14.1 Å². The fourth-order valence-electron chi connectivity index (χ4n) is 4.90. The van der Waals surface area contributed by atoms with Crippen LogP contribution in [0.2, 0.25) is 5.02 Å². The van der Waals surface area contributed by atoms with Crippen LogP contribution in [0.3, 0.4) is 0 Å². The molecule has 0 saturated carbocycles. The van der Waals surface area contributed by atoms with Crippen LogP contribution in [0, 0.1) is 0 Å². The van der Waals surface area contributed by atoms with Crippen LogP contribution in [0.5, 0.6) is 5.75 Å². The number of carbonyl (C=O) groups excluding carboxylic acids is 1. The second-order valence-electron chi connectivity index (χ2n) is 10.8. The van der Waals surface area contributed by atoms with E-state index in [1.54, 1.807) is 11.3 Å². The molecule has 1 heterocycles. The Morgan fingerprint density at radius 2 is 1.43 bits per heavy atom. The number of carbonyl (C=O) groups is 1. The van der Waals surface area contributed by atoms with Crippen LogP contribution in [0.15, 0.2) is 59.6 Å². The summed E-state index contributed by atoms with van der Waals surface area (Å²) in [7, 11) is 0. The SMILES string of the molecule is CCCCCCCCCCCCCCCCOc1ccc(CC(=O)Nc2ccc(C[n+]3ccsc3)cc2)cc1Cl. The smallest absolute Gasteiger partial charge is 0.228 e. The standard InChI is InChI=1S/C34H47ClN2O2S/c1-2-3-4-5-6-7-8-9-10-11-12-13-14-15-23-39-33-21-18-30(25-32(33)35)26-34(38)36-31-19-16-29(17-20-31)27-37-22-24-40-28-37/h16-22,24-25,28H,2-15,23,26-27H2,1H3/p+1. The fraction of sp³-hybridized carbons (Fsp3) is 0.529. The first-order valence-electron chi connectivity index (χ1n) is 15.4. The summed E-state index contributed by atoms with van der Waals surface area (Å²) in [6.07, 6.45) is 21.1. The first-order valence-corrected chi connectivity index (χ1v) is 16.7. The minimum atomic E-state index is -0.0629. The molecule has 0 bridgehead atoms. The third-order valence-corrected chi connectivity index (χ3v) is 8.21. The first kappa shape index (κ1) is 32.1. The summed E-state index contributed by atoms with van der Waals surface area (Å²) in [5.74, 6) is 0.631. The third-order valence-electron chi connectivity index (χ3n) is 7.25. The maximum atomic E-state index is 12.6. The number of ether oxygens (including phenoxy) is 1. The Balaban J connectivity index is 1.22. The number of anilines is 1. The maximum absolute atomic E-state index is 12.6. The second-order valence-corrected chi connectivity index (χ2v) is 12.0. The lowest BCUT2D eigenvalue weighted by Gasteiger charge is -2.10. The molecule has 3 aromatic rings. The summed E-state index contributed by atoms with van der Waals surface area (Å²) < 4.78 is 8.05. The number of hydrogen-bond donors (Lipinski definition) is 1. The molecule has 0 unspecified atom stereocenters. The van der Waals surface area contributed by atoms with Gasteiger partial charge in [-0.2, -0.15) is 4.57 Å². The number of aromatic nitrogens is 1. The van der Waals surface area contributed by atoms with Gasteiger partial charge in [-0.3, -0.25) is 4.79 Å². The van der Waals surface area contributed by atoms with E-state index in [-0.39, 0.29) is 12.3 Å². The van der Waals surface area contributed by atoms with Crippen LogP contribution in [-0.4, -0.2) is 12.5 Å². The van der Waals surface area contributed by atoms with Crippen molar-refractivity contribution in [1.82, 2.24) is 0 Å². The number of rotatable bonds is 21. The summed E-state index contributed by atoms with van der Waals surface area (Å²) in [6, 6.07) is 13.6. The van der Waals surface area contributed by atoms with Gasteiger partial charge in [0, 0.05) is 11.3 Å². The van der Waals surface area contributed by atoms with Gasteiger partial charge in [-0.25, -0.2) is 0 Å². The molecule has 0 saturated heterocycles. The van der Waals surface area contributed by atoms with Crippen LogP contribution < -0.4 is 14.6 Å². The van der Waals surface area contributed by atoms with Crippen LogP contribution in [0.4, 0.5) is 5.69 Å². The van der Waals surface area contributed by atoms with Gasteiger partial charge in [0.2, 0.25) is 11.4 Å². The number of hydrogen-bond acceptors (Lipinski definition) is 3. The molecule has 1 amide bonds. The van der Waals surface area contributed by atoms with Gasteiger partial charge < -0.3 is 10.1 Å². The molecule has 0 aliphatic rings. The largest absolute Gasteiger partial charge is 0.492 e. The summed E-state index contributed by atoms with van der Waals surface area (Å²) in [4.78, 5) is 12.6. The number of halogens is 1. The van der Waals surface area contributed by atoms with E-state index in [1.807, 2.05) is 42.5 Å². The van der Waals surface area contributed by atoms with E-state index in [4.69, 9.17) is 16.3 Å². The zero-order chi connectivity index (χ0) is 28.3. The molecule has 1 N–H and O–H groups in total. The Bertz CT molecular complexity index is 1090. The number of unbranched alkanes of at least 4 members (excludes halogenated alkanes) is 13. The predicted molar refractivity (Wildman–Crippen MR) is 170 cm³/mol. The van der Waals surface area contributed by atoms with Gasteiger partial charge in [0.1, 0.15) is 5.75 Å². The van der Waals surface area contributed by atoms with Crippen LogP contribution >= 0.6 is 22.9 Å². The van der Waals surface area contributed by atoms with Crippen molar-refractivity contribution in [3.63, 3.8) is 0 Å². The van der Waals surface area contributed by atoms with Crippen molar-refractivity contribution in [2.45, 2.75) is 110 Å². The number of nitrogens with one attached hydrogen (secondary N) is 1. The van der Waals surface area contributed by atoms with Crippen LogP contribution in [0.25, 0.3) is 0 Å². The van der Waals surface area contributed by atoms with Crippen molar-refractivity contribution in [1.29, 1.82) is 0 Å². The average Bonchev–Trinajstić information content (AvgIpc) is 3.46. The number of nitrogens with zero attached hydrogens (tertiary/aromatic N) is 1. The highest BCUT2D eigenvalue weighted by Crippen LogP contribution is 2.26. The van der Waals surface area contributed by atoms with E-state index in [0.29, 0.717) is 17.4 Å². The molecule has 3 rings (SSSR count). The highest BCUT2D eigenvalue weighted by molar-refractivity contribution is 7.07. The zero-order valence-corrected chi connectivity index (χ0v) is 25.9. The van der Waals surface area contributed by atoms with Crippen LogP contribution in [0.1, 0.15) is 108 Å². The first-order chi connectivity index (χ1) is 19.6. The van der Waals surface area contributed by atoms with Crippen molar-refractivity contribution in [3.8, 4) is 5.75 Å². The van der Waals surface area contributed by atoms with Gasteiger partial charge in [-0.1, -0.05) is 132 Å². The quantitative estimate of drug-likeness (QED) is 0.100. The van der Waals surface area contributed by atoms with E-state index >= 15 is 0 Å². The molecular weight excluding hydrogens is 536 g/mol. The lowest BCUT2D eigenvalue weighted by molar-refractivity contribution is -0.683. The second kappa shape index (κ2) is 19.7. The van der Waals surface area contributed by atoms with Gasteiger partial charge >= 0.3 is 0 Å². The van der Waals surface area contributed by atoms with Crippen molar-refractivity contribution >= 4 is 34.5 Å². The van der Waals surface area contributed by atoms with Crippen molar-refractivity contribution in [2.75, 3.05) is 11.9 Å². The molecule has 0 aliphatic carbocycles. The predicted octanol–water partition coefficient (Wildman–Crippen LogP) is 9.78. The monoisotopic (exact) mass is 583 g/mol. The minimum Gasteiger partial charge on any atom is -0.492 e. The highest BCUT2D eigenvalue weighted by Gasteiger charge is 2.09. The maximum Gasteiger partial charge on any atom is 0.228 e. The Morgan fingerprint density at radius 3 is 2.00 bits per heavy atom. The molecule has 0 aliphatic heterocycles. The molecule has 4 nitrogen and oxygen atoms in total. The molecule has 0 fully saturated rings. The van der Waals surface area contributed by atoms with Gasteiger partial charge in [-0.15, -0.1) is 0 Å². The highest BCUT2D eigenvalue weighted by atomic mass is 35.5. The molecule has 6 heteroatoms. The third kappa shape index (κ3) is 13.3. The average molecular weight is 584 g/mol. The van der Waals surface area contributed by atoms with E-state index in [1.165, 1.54) is 89.0 Å². The molecule has 1 aromatic heterocycles. The Morgan fingerprint density at radius 1 is 0.825 bits per heavy atom. The number of amides is 1. The minimum absolute atomic E-state index is 0.0629.